The van der Waals surface area contributed by atoms with Crippen LogP contribution in [0.4, 0.5) is 0 Å². The number of carboxylic acids is 1. The van der Waals surface area contributed by atoms with E-state index in [-0.39, 0.29) is 5.56 Å². The van der Waals surface area contributed by atoms with E-state index in [1.807, 2.05) is 0 Å². The van der Waals surface area contributed by atoms with E-state index in [2.05, 4.69) is 10.2 Å². The molecule has 0 atom stereocenters. The van der Waals surface area contributed by atoms with Crippen molar-refractivity contribution in [2.24, 2.45) is 0 Å². The molecule has 0 aromatic heterocycles. The van der Waals surface area contributed by atoms with Gasteiger partial charge in [0.1, 0.15) is 17.1 Å². The summed E-state index contributed by atoms with van der Waals surface area (Å²) < 4.78 is 10.5. The molecule has 1 aliphatic heterocycles. The van der Waals surface area contributed by atoms with Crippen molar-refractivity contribution in [2.75, 3.05) is 40.4 Å². The summed E-state index contributed by atoms with van der Waals surface area (Å²) >= 11 is 0. The second-order valence-electron chi connectivity index (χ2n) is 4.70. The Balaban J connectivity index is 2.29. The van der Waals surface area contributed by atoms with Crippen LogP contribution in [-0.2, 0) is 6.54 Å². The summed E-state index contributed by atoms with van der Waals surface area (Å²) in [5.74, 6) is -0.0187. The Labute approximate surface area is 118 Å². The van der Waals surface area contributed by atoms with Crippen LogP contribution in [0.2, 0.25) is 0 Å². The summed E-state index contributed by atoms with van der Waals surface area (Å²) in [7, 11) is 3.04. The van der Waals surface area contributed by atoms with E-state index in [1.165, 1.54) is 7.11 Å². The van der Waals surface area contributed by atoms with E-state index < -0.39 is 5.97 Å². The summed E-state index contributed by atoms with van der Waals surface area (Å²) in [4.78, 5) is 13.6. The standard InChI is InChI=1S/C14H20N2O4/c1-19-12-8-13(20-2)11(14(17)18)7-10(12)9-16-5-3-15-4-6-16/h7-8,15H,3-6,9H2,1-2H3,(H,17,18). The van der Waals surface area contributed by atoms with Gasteiger partial charge in [0, 0.05) is 44.4 Å². The fraction of sp³-hybridized carbons (Fsp3) is 0.500. The molecule has 1 aliphatic rings. The number of aromatic carboxylic acids is 1. The van der Waals surface area contributed by atoms with Crippen LogP contribution >= 0.6 is 0 Å². The SMILES string of the molecule is COc1cc(OC)c(C(=O)O)cc1CN1CCNCC1. The van der Waals surface area contributed by atoms with Crippen LogP contribution in [0.1, 0.15) is 15.9 Å². The fourth-order valence-electron chi connectivity index (χ4n) is 2.37. The number of methoxy groups -OCH3 is 2. The molecule has 6 nitrogen and oxygen atoms in total. The zero-order valence-electron chi connectivity index (χ0n) is 11.8. The number of nitrogens with one attached hydrogen (secondary N) is 1. The first kappa shape index (κ1) is 14.6. The zero-order valence-corrected chi connectivity index (χ0v) is 11.8. The zero-order chi connectivity index (χ0) is 14.5. The normalized spacial score (nSPS) is 15.9. The summed E-state index contributed by atoms with van der Waals surface area (Å²) in [6.45, 7) is 4.46. The number of ether oxygens (including phenoxy) is 2. The maximum Gasteiger partial charge on any atom is 0.339 e. The van der Waals surface area contributed by atoms with Gasteiger partial charge in [0.15, 0.2) is 0 Å². The van der Waals surface area contributed by atoms with Gasteiger partial charge in [-0.15, -0.1) is 0 Å². The highest BCUT2D eigenvalue weighted by atomic mass is 16.5. The first-order chi connectivity index (χ1) is 9.65. The smallest absolute Gasteiger partial charge is 0.339 e. The molecule has 1 fully saturated rings. The van der Waals surface area contributed by atoms with Crippen LogP contribution in [-0.4, -0.2) is 56.4 Å². The second kappa shape index (κ2) is 6.58. The lowest BCUT2D eigenvalue weighted by Gasteiger charge is -2.28. The molecular weight excluding hydrogens is 260 g/mol. The number of nitrogens with zero attached hydrogens (tertiary/aromatic N) is 1. The van der Waals surface area contributed by atoms with Gasteiger partial charge in [0.2, 0.25) is 0 Å². The van der Waals surface area contributed by atoms with Crippen LogP contribution < -0.4 is 14.8 Å². The van der Waals surface area contributed by atoms with Crippen LogP contribution in [0.15, 0.2) is 12.1 Å². The van der Waals surface area contributed by atoms with Crippen molar-refractivity contribution in [1.29, 1.82) is 0 Å². The van der Waals surface area contributed by atoms with E-state index in [9.17, 15) is 9.90 Å². The Hall–Kier alpha value is -1.79. The number of hydrogen-bond donors (Lipinski definition) is 2. The summed E-state index contributed by atoms with van der Waals surface area (Å²) in [6, 6.07) is 3.28. The van der Waals surface area contributed by atoms with Crippen molar-refractivity contribution >= 4 is 5.97 Å². The molecule has 0 aliphatic carbocycles. The minimum Gasteiger partial charge on any atom is -0.496 e. The minimum atomic E-state index is -0.994. The van der Waals surface area contributed by atoms with Crippen LogP contribution in [0.25, 0.3) is 0 Å². The lowest BCUT2D eigenvalue weighted by molar-refractivity contribution is 0.0693. The van der Waals surface area contributed by atoms with Crippen LogP contribution in [0.5, 0.6) is 11.5 Å². The largest absolute Gasteiger partial charge is 0.496 e. The highest BCUT2D eigenvalue weighted by Gasteiger charge is 2.18. The molecule has 2 N–H and O–H groups in total. The minimum absolute atomic E-state index is 0.165. The van der Waals surface area contributed by atoms with Gasteiger partial charge in [-0.1, -0.05) is 0 Å². The average molecular weight is 280 g/mol. The monoisotopic (exact) mass is 280 g/mol. The van der Waals surface area contributed by atoms with Gasteiger partial charge in [-0.05, 0) is 6.07 Å². The van der Waals surface area contributed by atoms with Crippen LogP contribution in [0, 0.1) is 0 Å². The molecule has 2 rings (SSSR count). The molecule has 0 spiro atoms. The van der Waals surface area contributed by atoms with Gasteiger partial charge in [0.25, 0.3) is 0 Å². The van der Waals surface area contributed by atoms with Gasteiger partial charge in [-0.25, -0.2) is 4.79 Å². The van der Waals surface area contributed by atoms with Crippen molar-refractivity contribution < 1.29 is 19.4 Å². The predicted molar refractivity (Wildman–Crippen MR) is 74.7 cm³/mol. The van der Waals surface area contributed by atoms with Crippen LogP contribution in [0.3, 0.4) is 0 Å². The molecule has 1 saturated heterocycles. The first-order valence-electron chi connectivity index (χ1n) is 6.57. The number of hydrogen-bond acceptors (Lipinski definition) is 5. The molecule has 0 unspecified atom stereocenters. The molecule has 0 bridgehead atoms. The van der Waals surface area contributed by atoms with E-state index >= 15 is 0 Å². The molecule has 6 heteroatoms. The third-order valence-electron chi connectivity index (χ3n) is 3.44. The molecule has 0 saturated carbocycles. The highest BCUT2D eigenvalue weighted by Crippen LogP contribution is 2.30. The molecule has 20 heavy (non-hydrogen) atoms. The number of carbonyl (C=O) groups is 1. The number of carboxylic acid groups (broad SMARTS) is 1. The Morgan fingerprint density at radius 2 is 1.90 bits per heavy atom. The van der Waals surface area contributed by atoms with Crippen molar-refractivity contribution in [1.82, 2.24) is 10.2 Å². The van der Waals surface area contributed by atoms with E-state index in [1.54, 1.807) is 19.2 Å². The lowest BCUT2D eigenvalue weighted by atomic mass is 10.1. The third kappa shape index (κ3) is 3.20. The van der Waals surface area contributed by atoms with Gasteiger partial charge in [-0.2, -0.15) is 0 Å². The van der Waals surface area contributed by atoms with Crippen molar-refractivity contribution in [3.63, 3.8) is 0 Å². The fourth-order valence-corrected chi connectivity index (χ4v) is 2.37. The maximum absolute atomic E-state index is 11.3. The van der Waals surface area contributed by atoms with E-state index in [4.69, 9.17) is 9.47 Å². The summed E-state index contributed by atoms with van der Waals surface area (Å²) in [6.07, 6.45) is 0. The molecule has 1 heterocycles. The molecule has 1 aromatic rings. The quantitative estimate of drug-likeness (QED) is 0.831. The van der Waals surface area contributed by atoms with Crippen molar-refractivity contribution in [2.45, 2.75) is 6.54 Å². The Morgan fingerprint density at radius 1 is 1.25 bits per heavy atom. The first-order valence-corrected chi connectivity index (χ1v) is 6.57. The summed E-state index contributed by atoms with van der Waals surface area (Å²) in [5.41, 5.74) is 1.03. The van der Waals surface area contributed by atoms with Crippen molar-refractivity contribution in [3.8, 4) is 11.5 Å². The van der Waals surface area contributed by atoms with Gasteiger partial charge in [-0.3, -0.25) is 4.90 Å². The second-order valence-corrected chi connectivity index (χ2v) is 4.70. The van der Waals surface area contributed by atoms with E-state index in [0.717, 1.165) is 31.7 Å². The molecule has 0 amide bonds. The topological polar surface area (TPSA) is 71.0 Å². The Morgan fingerprint density at radius 3 is 2.45 bits per heavy atom. The lowest BCUT2D eigenvalue weighted by Crippen LogP contribution is -2.42. The molecule has 110 valence electrons. The number of benzene rings is 1. The van der Waals surface area contributed by atoms with Crippen molar-refractivity contribution in [3.05, 3.63) is 23.3 Å². The Kier molecular flexibility index (Phi) is 4.81. The average Bonchev–Trinajstić information content (AvgIpc) is 2.47. The molecule has 0 radical (unpaired) electrons. The van der Waals surface area contributed by atoms with E-state index in [0.29, 0.717) is 18.0 Å². The Bertz CT molecular complexity index is 484. The molecular formula is C14H20N2O4. The molecule has 1 aromatic carbocycles. The highest BCUT2D eigenvalue weighted by molar-refractivity contribution is 5.91. The predicted octanol–water partition coefficient (Wildman–Crippen LogP) is 0.807. The van der Waals surface area contributed by atoms with Gasteiger partial charge < -0.3 is 19.9 Å². The maximum atomic E-state index is 11.3. The third-order valence-corrected chi connectivity index (χ3v) is 3.44. The van der Waals surface area contributed by atoms with Gasteiger partial charge in [0.05, 0.1) is 14.2 Å². The summed E-state index contributed by atoms with van der Waals surface area (Å²) in [5, 5.41) is 12.5. The number of rotatable bonds is 5. The number of piperazine rings is 1. The van der Waals surface area contributed by atoms with Gasteiger partial charge >= 0.3 is 5.97 Å².